The molecule has 0 fully saturated rings. The fourth-order valence-electron chi connectivity index (χ4n) is 1.06. The van der Waals surface area contributed by atoms with Crippen LogP contribution in [0.15, 0.2) is 23.8 Å². The summed E-state index contributed by atoms with van der Waals surface area (Å²) in [5.41, 5.74) is 5.59. The third kappa shape index (κ3) is 1.91. The molecule has 3 nitrogen and oxygen atoms in total. The second-order valence-electron chi connectivity index (χ2n) is 3.04. The molecular formula is C8H11NO2. The first-order chi connectivity index (χ1) is 5.01. The second kappa shape index (κ2) is 2.51. The fourth-order valence-corrected chi connectivity index (χ4v) is 1.06. The van der Waals surface area contributed by atoms with Crippen molar-refractivity contribution in [2.45, 2.75) is 18.9 Å². The van der Waals surface area contributed by atoms with Gasteiger partial charge in [-0.2, -0.15) is 0 Å². The van der Waals surface area contributed by atoms with E-state index in [1.165, 1.54) is 0 Å². The maximum Gasteiger partial charge on any atom is 0.331 e. The Balaban J connectivity index is 2.81. The predicted octanol–water partition coefficient (Wildman–Crippen LogP) is 0.675. The molecule has 3 N–H and O–H groups in total. The molecule has 60 valence electrons. The van der Waals surface area contributed by atoms with E-state index in [0.29, 0.717) is 12.0 Å². The lowest BCUT2D eigenvalue weighted by molar-refractivity contribution is -0.132. The zero-order valence-corrected chi connectivity index (χ0v) is 6.37. The minimum Gasteiger partial charge on any atom is -0.478 e. The van der Waals surface area contributed by atoms with Gasteiger partial charge in [-0.15, -0.1) is 0 Å². The summed E-state index contributed by atoms with van der Waals surface area (Å²) in [5.74, 6) is -0.883. The number of hydrogen-bond donors (Lipinski definition) is 2. The second-order valence-corrected chi connectivity index (χ2v) is 3.04. The topological polar surface area (TPSA) is 63.3 Å². The average molecular weight is 153 g/mol. The Kier molecular flexibility index (Phi) is 1.83. The van der Waals surface area contributed by atoms with E-state index in [9.17, 15) is 4.79 Å². The lowest BCUT2D eigenvalue weighted by Gasteiger charge is -2.22. The van der Waals surface area contributed by atoms with Crippen molar-refractivity contribution in [2.75, 3.05) is 0 Å². The summed E-state index contributed by atoms with van der Waals surface area (Å²) >= 11 is 0. The van der Waals surface area contributed by atoms with Crippen LogP contribution in [0.1, 0.15) is 13.3 Å². The normalized spacial score (nSPS) is 29.8. The number of allylic oxidation sites excluding steroid dienone is 2. The van der Waals surface area contributed by atoms with Crippen LogP contribution in [0.25, 0.3) is 0 Å². The van der Waals surface area contributed by atoms with Crippen LogP contribution in [-0.4, -0.2) is 16.6 Å². The van der Waals surface area contributed by atoms with E-state index in [1.54, 1.807) is 25.2 Å². The molecule has 1 aliphatic rings. The van der Waals surface area contributed by atoms with Gasteiger partial charge < -0.3 is 10.8 Å². The van der Waals surface area contributed by atoms with Crippen LogP contribution in [0.3, 0.4) is 0 Å². The Morgan fingerprint density at radius 1 is 1.82 bits per heavy atom. The molecule has 0 heterocycles. The molecule has 0 saturated carbocycles. The molecule has 0 saturated heterocycles. The van der Waals surface area contributed by atoms with Crippen molar-refractivity contribution in [1.29, 1.82) is 0 Å². The van der Waals surface area contributed by atoms with Crippen LogP contribution in [0, 0.1) is 0 Å². The summed E-state index contributed by atoms with van der Waals surface area (Å²) in [7, 11) is 0. The molecule has 0 aromatic heterocycles. The third-order valence-electron chi connectivity index (χ3n) is 1.62. The van der Waals surface area contributed by atoms with E-state index < -0.39 is 11.5 Å². The maximum atomic E-state index is 10.5. The van der Waals surface area contributed by atoms with Crippen LogP contribution >= 0.6 is 0 Å². The Labute approximate surface area is 65.2 Å². The van der Waals surface area contributed by atoms with Crippen molar-refractivity contribution in [3.05, 3.63) is 23.8 Å². The first-order valence-electron chi connectivity index (χ1n) is 3.42. The van der Waals surface area contributed by atoms with Gasteiger partial charge in [0.05, 0.1) is 0 Å². The van der Waals surface area contributed by atoms with E-state index in [1.807, 2.05) is 0 Å². The number of hydrogen-bond acceptors (Lipinski definition) is 2. The summed E-state index contributed by atoms with van der Waals surface area (Å²) in [6.45, 7) is 1.80. The molecular weight excluding hydrogens is 142 g/mol. The van der Waals surface area contributed by atoms with Gasteiger partial charge >= 0.3 is 5.97 Å². The molecule has 0 bridgehead atoms. The molecule has 0 aromatic rings. The third-order valence-corrected chi connectivity index (χ3v) is 1.62. The first-order valence-corrected chi connectivity index (χ1v) is 3.42. The summed E-state index contributed by atoms with van der Waals surface area (Å²) in [6, 6.07) is 0. The maximum absolute atomic E-state index is 10.5. The van der Waals surface area contributed by atoms with Gasteiger partial charge in [0.2, 0.25) is 0 Å². The van der Waals surface area contributed by atoms with Crippen LogP contribution < -0.4 is 5.73 Å². The Bertz CT molecular complexity index is 238. The van der Waals surface area contributed by atoms with E-state index >= 15 is 0 Å². The molecule has 1 rings (SSSR count). The van der Waals surface area contributed by atoms with Gasteiger partial charge in [-0.1, -0.05) is 18.2 Å². The predicted molar refractivity (Wildman–Crippen MR) is 42.1 cm³/mol. The molecule has 0 spiro atoms. The molecule has 3 heteroatoms. The fraction of sp³-hybridized carbons (Fsp3) is 0.375. The standard InChI is InChI=1S/C8H11NO2/c1-8(9)4-2-3-6(5-8)7(10)11/h2-4H,5,9H2,1H3,(H,10,11). The van der Waals surface area contributed by atoms with Crippen molar-refractivity contribution < 1.29 is 9.90 Å². The number of rotatable bonds is 1. The highest BCUT2D eigenvalue weighted by atomic mass is 16.4. The average Bonchev–Trinajstić information content (AvgIpc) is 1.85. The zero-order chi connectivity index (χ0) is 8.48. The molecule has 0 aliphatic heterocycles. The number of aliphatic carboxylic acids is 1. The molecule has 0 radical (unpaired) electrons. The minimum atomic E-state index is -0.883. The van der Waals surface area contributed by atoms with Crippen molar-refractivity contribution in [3.8, 4) is 0 Å². The highest BCUT2D eigenvalue weighted by molar-refractivity contribution is 5.87. The van der Waals surface area contributed by atoms with Gasteiger partial charge in [0.1, 0.15) is 0 Å². The van der Waals surface area contributed by atoms with Gasteiger partial charge in [-0.05, 0) is 6.92 Å². The van der Waals surface area contributed by atoms with Crippen LogP contribution in [0.2, 0.25) is 0 Å². The lowest BCUT2D eigenvalue weighted by atomic mass is 9.89. The van der Waals surface area contributed by atoms with Crippen LogP contribution in [0.4, 0.5) is 0 Å². The van der Waals surface area contributed by atoms with Crippen molar-refractivity contribution in [3.63, 3.8) is 0 Å². The van der Waals surface area contributed by atoms with Gasteiger partial charge in [-0.25, -0.2) is 4.79 Å². The largest absolute Gasteiger partial charge is 0.478 e. The number of nitrogens with two attached hydrogens (primary N) is 1. The highest BCUT2D eigenvalue weighted by Gasteiger charge is 2.22. The summed E-state index contributed by atoms with van der Waals surface area (Å²) < 4.78 is 0. The molecule has 0 amide bonds. The molecule has 1 unspecified atom stereocenters. The molecule has 11 heavy (non-hydrogen) atoms. The van der Waals surface area contributed by atoms with Gasteiger partial charge in [0, 0.05) is 17.5 Å². The first kappa shape index (κ1) is 8.01. The van der Waals surface area contributed by atoms with Crippen LogP contribution in [-0.2, 0) is 4.79 Å². The van der Waals surface area contributed by atoms with E-state index in [0.717, 1.165) is 0 Å². The minimum absolute atomic E-state index is 0.373. The monoisotopic (exact) mass is 153 g/mol. The summed E-state index contributed by atoms with van der Waals surface area (Å²) in [6.07, 6.45) is 5.47. The van der Waals surface area contributed by atoms with Gasteiger partial charge in [0.25, 0.3) is 0 Å². The Morgan fingerprint density at radius 3 is 2.82 bits per heavy atom. The summed E-state index contributed by atoms with van der Waals surface area (Å²) in [5, 5.41) is 8.61. The number of carboxylic acids is 1. The smallest absolute Gasteiger partial charge is 0.331 e. The van der Waals surface area contributed by atoms with E-state index in [-0.39, 0.29) is 0 Å². The molecule has 1 aliphatic carbocycles. The van der Waals surface area contributed by atoms with Crippen molar-refractivity contribution in [2.24, 2.45) is 5.73 Å². The highest BCUT2D eigenvalue weighted by Crippen LogP contribution is 2.19. The quantitative estimate of drug-likeness (QED) is 0.582. The number of carboxylic acid groups (broad SMARTS) is 1. The van der Waals surface area contributed by atoms with Crippen molar-refractivity contribution in [1.82, 2.24) is 0 Å². The lowest BCUT2D eigenvalue weighted by Crippen LogP contribution is -2.36. The number of carbonyl (C=O) groups is 1. The van der Waals surface area contributed by atoms with Crippen LogP contribution in [0.5, 0.6) is 0 Å². The zero-order valence-electron chi connectivity index (χ0n) is 6.37. The van der Waals surface area contributed by atoms with Crippen molar-refractivity contribution >= 4 is 5.97 Å². The Hall–Kier alpha value is -1.09. The Morgan fingerprint density at radius 2 is 2.45 bits per heavy atom. The van der Waals surface area contributed by atoms with Gasteiger partial charge in [-0.3, -0.25) is 0 Å². The molecule has 0 aromatic carbocycles. The van der Waals surface area contributed by atoms with E-state index in [2.05, 4.69) is 0 Å². The van der Waals surface area contributed by atoms with E-state index in [4.69, 9.17) is 10.8 Å². The SMILES string of the molecule is CC1(N)C=CC=C(C(=O)O)C1. The summed E-state index contributed by atoms with van der Waals surface area (Å²) in [4.78, 5) is 10.5. The molecule has 1 atom stereocenters. The van der Waals surface area contributed by atoms with Gasteiger partial charge in [0.15, 0.2) is 0 Å².